The molecule has 8 heteroatoms. The molecule has 0 aromatic heterocycles. The molecule has 8 nitrogen and oxygen atoms in total. The molecule has 3 aromatic carbocycles. The number of hydrogen-bond donors (Lipinski definition) is 1. The minimum atomic E-state index is -2.00. The van der Waals surface area contributed by atoms with Crippen LogP contribution in [0.2, 0.25) is 0 Å². The minimum absolute atomic E-state index is 0.0117. The van der Waals surface area contributed by atoms with Crippen molar-refractivity contribution in [3.05, 3.63) is 101 Å². The van der Waals surface area contributed by atoms with Gasteiger partial charge in [0.2, 0.25) is 0 Å². The summed E-state index contributed by atoms with van der Waals surface area (Å²) in [5, 5.41) is 2.77. The normalized spacial score (nSPS) is 17.2. The van der Waals surface area contributed by atoms with Crippen molar-refractivity contribution < 1.29 is 33.3 Å². The average molecular weight is 504 g/mol. The third-order valence-electron chi connectivity index (χ3n) is 5.83. The van der Waals surface area contributed by atoms with Gasteiger partial charge in [-0.25, -0.2) is 14.4 Å². The second-order valence-electron chi connectivity index (χ2n) is 9.58. The molecule has 1 heterocycles. The molecule has 2 atom stereocenters. The van der Waals surface area contributed by atoms with E-state index in [4.69, 9.17) is 18.9 Å². The van der Waals surface area contributed by atoms with Gasteiger partial charge in [0.15, 0.2) is 0 Å². The Hall–Kier alpha value is -4.33. The summed E-state index contributed by atoms with van der Waals surface area (Å²) < 4.78 is 22.3. The van der Waals surface area contributed by atoms with Crippen molar-refractivity contribution >= 4 is 18.0 Å². The van der Waals surface area contributed by atoms with E-state index in [-0.39, 0.29) is 12.2 Å². The molecule has 1 N–H and O–H groups in total. The number of ether oxygens (including phenoxy) is 4. The highest BCUT2D eigenvalue weighted by atomic mass is 16.6. The van der Waals surface area contributed by atoms with Crippen molar-refractivity contribution in [1.29, 1.82) is 0 Å². The molecule has 0 radical (unpaired) electrons. The fourth-order valence-corrected chi connectivity index (χ4v) is 4.18. The van der Waals surface area contributed by atoms with Crippen LogP contribution in [0, 0.1) is 0 Å². The summed E-state index contributed by atoms with van der Waals surface area (Å²) in [6.07, 6.45) is -0.798. The quantitative estimate of drug-likeness (QED) is 0.355. The van der Waals surface area contributed by atoms with Crippen LogP contribution in [-0.2, 0) is 31.2 Å². The molecule has 0 saturated heterocycles. The second kappa shape index (κ2) is 10.3. The predicted molar refractivity (Wildman–Crippen MR) is 135 cm³/mol. The Morgan fingerprint density at radius 3 is 2.24 bits per heavy atom. The van der Waals surface area contributed by atoms with Crippen LogP contribution in [0.5, 0.6) is 5.75 Å². The lowest BCUT2D eigenvalue weighted by Crippen LogP contribution is -2.52. The molecule has 0 fully saturated rings. The van der Waals surface area contributed by atoms with Gasteiger partial charge in [0.25, 0.3) is 5.60 Å². The van der Waals surface area contributed by atoms with Gasteiger partial charge in [-0.05, 0) is 50.1 Å². The van der Waals surface area contributed by atoms with Crippen LogP contribution >= 0.6 is 0 Å². The Balaban J connectivity index is 1.79. The van der Waals surface area contributed by atoms with Gasteiger partial charge in [-0.1, -0.05) is 60.7 Å². The summed E-state index contributed by atoms with van der Waals surface area (Å²) in [6.45, 7) is 5.15. The van der Waals surface area contributed by atoms with Crippen molar-refractivity contribution in [3.63, 3.8) is 0 Å². The number of benzene rings is 3. The average Bonchev–Trinajstić information content (AvgIpc) is 3.19. The van der Waals surface area contributed by atoms with Crippen molar-refractivity contribution in [1.82, 2.24) is 5.32 Å². The van der Waals surface area contributed by atoms with Crippen molar-refractivity contribution in [2.75, 3.05) is 7.11 Å². The summed E-state index contributed by atoms with van der Waals surface area (Å²) in [5.41, 5.74) is -1.12. The molecule has 4 rings (SSSR count). The van der Waals surface area contributed by atoms with Crippen LogP contribution in [0.4, 0.5) is 4.79 Å². The first-order chi connectivity index (χ1) is 17.6. The molecule has 0 aliphatic carbocycles. The Bertz CT molecular complexity index is 1280. The largest absolute Gasteiger partial charge is 0.497 e. The van der Waals surface area contributed by atoms with Crippen molar-refractivity contribution in [3.8, 4) is 5.75 Å². The molecule has 3 aromatic rings. The van der Waals surface area contributed by atoms with Crippen LogP contribution in [0.3, 0.4) is 0 Å². The molecule has 37 heavy (non-hydrogen) atoms. The first-order valence-electron chi connectivity index (χ1n) is 11.8. The van der Waals surface area contributed by atoms with Gasteiger partial charge >= 0.3 is 18.0 Å². The predicted octanol–water partition coefficient (Wildman–Crippen LogP) is 5.07. The standard InChI is InChI=1S/C29H29NO7/c1-28(2,3)37-26(32)29(23-13-9-8-12-22(23)25(31)36-29)24(20-14-16-21(34-4)17-15-20)30-27(33)35-18-19-10-6-5-7-11-19/h5-17,24H,18H2,1-4H3,(H,30,33)/t24-,29+/m0/s1. The maximum absolute atomic E-state index is 13.9. The molecule has 192 valence electrons. The Morgan fingerprint density at radius 2 is 1.59 bits per heavy atom. The van der Waals surface area contributed by atoms with Crippen LogP contribution in [0.1, 0.15) is 53.9 Å². The van der Waals surface area contributed by atoms with Gasteiger partial charge in [0.1, 0.15) is 24.0 Å². The lowest BCUT2D eigenvalue weighted by molar-refractivity contribution is -0.181. The first kappa shape index (κ1) is 25.8. The monoisotopic (exact) mass is 503 g/mol. The number of nitrogens with one attached hydrogen (secondary N) is 1. The Kier molecular flexibility index (Phi) is 7.20. The highest BCUT2D eigenvalue weighted by Gasteiger charge is 2.60. The molecule has 1 amide bonds. The van der Waals surface area contributed by atoms with E-state index in [0.29, 0.717) is 16.9 Å². The lowest BCUT2D eigenvalue weighted by atomic mass is 9.81. The topological polar surface area (TPSA) is 100 Å². The van der Waals surface area contributed by atoms with Gasteiger partial charge < -0.3 is 24.3 Å². The summed E-state index contributed by atoms with van der Waals surface area (Å²) in [6, 6.07) is 21.3. The number of carbonyl (C=O) groups excluding carboxylic acids is 3. The zero-order valence-electron chi connectivity index (χ0n) is 21.1. The highest BCUT2D eigenvalue weighted by Crippen LogP contribution is 2.47. The summed E-state index contributed by atoms with van der Waals surface area (Å²) in [7, 11) is 1.53. The second-order valence-corrected chi connectivity index (χ2v) is 9.58. The number of fused-ring (bicyclic) bond motifs is 1. The van der Waals surface area contributed by atoms with E-state index in [9.17, 15) is 14.4 Å². The smallest absolute Gasteiger partial charge is 0.408 e. The number of amides is 1. The SMILES string of the molecule is COc1ccc([C@H](NC(=O)OCc2ccccc2)[C@]2(C(=O)OC(C)(C)C)OC(=O)c3ccccc32)cc1. The molecule has 1 aliphatic rings. The number of methoxy groups -OCH3 is 1. The van der Waals surface area contributed by atoms with E-state index < -0.39 is 35.3 Å². The van der Waals surface area contributed by atoms with E-state index in [1.165, 1.54) is 7.11 Å². The van der Waals surface area contributed by atoms with Crippen LogP contribution < -0.4 is 10.1 Å². The lowest BCUT2D eigenvalue weighted by Gasteiger charge is -2.37. The molecule has 0 saturated carbocycles. The maximum Gasteiger partial charge on any atom is 0.408 e. The Morgan fingerprint density at radius 1 is 0.946 bits per heavy atom. The van der Waals surface area contributed by atoms with Gasteiger partial charge in [-0.2, -0.15) is 0 Å². The zero-order chi connectivity index (χ0) is 26.6. The van der Waals surface area contributed by atoms with Gasteiger partial charge in [-0.3, -0.25) is 0 Å². The fraction of sp³-hybridized carbons (Fsp3) is 0.276. The highest BCUT2D eigenvalue weighted by molar-refractivity contribution is 6.01. The summed E-state index contributed by atoms with van der Waals surface area (Å²) >= 11 is 0. The van der Waals surface area contributed by atoms with E-state index in [1.54, 1.807) is 69.3 Å². The molecule has 0 unspecified atom stereocenters. The first-order valence-corrected chi connectivity index (χ1v) is 11.8. The minimum Gasteiger partial charge on any atom is -0.497 e. The number of carbonyl (C=O) groups is 3. The van der Waals surface area contributed by atoms with Gasteiger partial charge in [0, 0.05) is 5.56 Å². The molecular formula is C29H29NO7. The number of alkyl carbamates (subject to hydrolysis) is 1. The van der Waals surface area contributed by atoms with Crippen molar-refractivity contribution in [2.45, 2.75) is 44.6 Å². The fourth-order valence-electron chi connectivity index (χ4n) is 4.18. The number of hydrogen-bond acceptors (Lipinski definition) is 7. The maximum atomic E-state index is 13.9. The Labute approximate surface area is 215 Å². The number of esters is 2. The molecule has 0 bridgehead atoms. The van der Waals surface area contributed by atoms with Crippen LogP contribution in [0.15, 0.2) is 78.9 Å². The third kappa shape index (κ3) is 5.43. The van der Waals surface area contributed by atoms with Crippen LogP contribution in [0.25, 0.3) is 0 Å². The summed E-state index contributed by atoms with van der Waals surface area (Å²) in [4.78, 5) is 39.9. The van der Waals surface area contributed by atoms with Gasteiger partial charge in [0.05, 0.1) is 12.7 Å². The van der Waals surface area contributed by atoms with Gasteiger partial charge in [-0.15, -0.1) is 0 Å². The van der Waals surface area contributed by atoms with E-state index in [0.717, 1.165) is 5.56 Å². The molecular weight excluding hydrogens is 474 g/mol. The van der Waals surface area contributed by atoms with E-state index in [1.807, 2.05) is 30.3 Å². The number of rotatable bonds is 7. The molecule has 1 aliphatic heterocycles. The van der Waals surface area contributed by atoms with Crippen molar-refractivity contribution in [2.24, 2.45) is 0 Å². The van der Waals surface area contributed by atoms with E-state index in [2.05, 4.69) is 5.32 Å². The number of cyclic esters (lactones) is 1. The van der Waals surface area contributed by atoms with E-state index >= 15 is 0 Å². The third-order valence-corrected chi connectivity index (χ3v) is 5.83. The zero-order valence-corrected chi connectivity index (χ0v) is 21.1. The molecule has 0 spiro atoms. The van der Waals surface area contributed by atoms with Crippen LogP contribution in [-0.4, -0.2) is 30.7 Å². The summed E-state index contributed by atoms with van der Waals surface area (Å²) in [5.74, 6) is -0.939.